The molecule has 0 bridgehead atoms. The van der Waals surface area contributed by atoms with E-state index in [1.54, 1.807) is 0 Å². The maximum Gasteiger partial charge on any atom is 0.267 e. The van der Waals surface area contributed by atoms with Crippen molar-refractivity contribution < 1.29 is 4.79 Å². The molecule has 0 atom stereocenters. The van der Waals surface area contributed by atoms with Crippen LogP contribution in [0, 0.1) is 33.6 Å². The van der Waals surface area contributed by atoms with Crippen molar-refractivity contribution in [3.05, 3.63) is 39.4 Å². The Balaban J connectivity index is 1.99. The van der Waals surface area contributed by atoms with E-state index in [9.17, 15) is 4.79 Å². The van der Waals surface area contributed by atoms with Crippen molar-refractivity contribution in [2.75, 3.05) is 23.8 Å². The summed E-state index contributed by atoms with van der Waals surface area (Å²) in [5, 5.41) is 10.4. The number of amides is 1. The Morgan fingerprint density at radius 2 is 1.81 bits per heavy atom. The van der Waals surface area contributed by atoms with Crippen LogP contribution in [-0.2, 0) is 0 Å². The molecule has 2 aromatic rings. The summed E-state index contributed by atoms with van der Waals surface area (Å²) in [5.41, 5.74) is 4.98. The minimum atomic E-state index is -0.101. The summed E-state index contributed by atoms with van der Waals surface area (Å²) in [6.45, 7) is 14.0. The molecular weight excluding hydrogens is 344 g/mol. The average molecular weight is 375 g/mol. The van der Waals surface area contributed by atoms with Crippen molar-refractivity contribution in [3.8, 4) is 0 Å². The van der Waals surface area contributed by atoms with Crippen LogP contribution in [0.1, 0.15) is 52.3 Å². The van der Waals surface area contributed by atoms with E-state index >= 15 is 0 Å². The summed E-state index contributed by atoms with van der Waals surface area (Å²) >= 11 is 1.39. The van der Waals surface area contributed by atoms with Crippen molar-refractivity contribution >= 4 is 28.1 Å². The van der Waals surface area contributed by atoms with Gasteiger partial charge in [-0.3, -0.25) is 4.79 Å². The lowest BCUT2D eigenvalue weighted by atomic mass is 10.1. The second-order valence-corrected chi connectivity index (χ2v) is 8.20. The molecule has 1 aromatic carbocycles. The number of aryl methyl sites for hydroxylation is 4. The highest BCUT2D eigenvalue weighted by atomic mass is 32.1. The number of hydrogen-bond donors (Lipinski definition) is 3. The summed E-state index contributed by atoms with van der Waals surface area (Å²) < 4.78 is 0. The summed E-state index contributed by atoms with van der Waals surface area (Å²) in [6, 6.07) is 4.16. The monoisotopic (exact) mass is 374 g/mol. The minimum absolute atomic E-state index is 0.101. The van der Waals surface area contributed by atoms with Gasteiger partial charge in [-0.15, -0.1) is 0 Å². The van der Waals surface area contributed by atoms with Crippen LogP contribution in [0.25, 0.3) is 0 Å². The maximum absolute atomic E-state index is 12.7. The molecule has 0 saturated carbocycles. The third-order valence-electron chi connectivity index (χ3n) is 4.18. The molecule has 26 heavy (non-hydrogen) atoms. The molecule has 0 saturated heterocycles. The number of hydrogen-bond acceptors (Lipinski definition) is 5. The molecule has 1 heterocycles. The van der Waals surface area contributed by atoms with Crippen LogP contribution >= 0.6 is 11.3 Å². The fourth-order valence-electron chi connectivity index (χ4n) is 2.85. The summed E-state index contributed by atoms with van der Waals surface area (Å²) in [6.07, 6.45) is 1.14. The smallest absolute Gasteiger partial charge is 0.267 e. The van der Waals surface area contributed by atoms with Gasteiger partial charge in [0, 0.05) is 5.69 Å². The molecule has 1 aromatic heterocycles. The zero-order valence-corrected chi connectivity index (χ0v) is 17.4. The Bertz CT molecular complexity index is 744. The van der Waals surface area contributed by atoms with E-state index in [1.807, 2.05) is 20.8 Å². The molecule has 0 aliphatic carbocycles. The summed E-state index contributed by atoms with van der Waals surface area (Å²) in [4.78, 5) is 17.8. The van der Waals surface area contributed by atoms with Crippen LogP contribution in [0.5, 0.6) is 0 Å². The average Bonchev–Trinajstić information content (AvgIpc) is 2.91. The Morgan fingerprint density at radius 3 is 2.42 bits per heavy atom. The van der Waals surface area contributed by atoms with Gasteiger partial charge in [0.15, 0.2) is 5.13 Å². The highest BCUT2D eigenvalue weighted by Gasteiger charge is 2.17. The van der Waals surface area contributed by atoms with Gasteiger partial charge in [0.05, 0.1) is 12.4 Å². The van der Waals surface area contributed by atoms with Crippen molar-refractivity contribution in [1.29, 1.82) is 0 Å². The van der Waals surface area contributed by atoms with Gasteiger partial charge in [-0.2, -0.15) is 0 Å². The van der Waals surface area contributed by atoms with Gasteiger partial charge >= 0.3 is 0 Å². The van der Waals surface area contributed by atoms with E-state index in [2.05, 4.69) is 53.8 Å². The van der Waals surface area contributed by atoms with Crippen molar-refractivity contribution in [1.82, 2.24) is 10.3 Å². The molecule has 6 heteroatoms. The van der Waals surface area contributed by atoms with Gasteiger partial charge in [0.1, 0.15) is 4.88 Å². The van der Waals surface area contributed by atoms with Crippen LogP contribution in [0.2, 0.25) is 0 Å². The molecule has 0 unspecified atom stereocenters. The SMILES string of the molecule is Cc1cc(C)c(NC(=O)c2sc(NCNCCC(C)C)nc2C)c(C)c1. The molecule has 0 spiro atoms. The molecule has 0 aliphatic rings. The number of benzene rings is 1. The molecular formula is C20H30N4OS. The van der Waals surface area contributed by atoms with Gasteiger partial charge in [-0.25, -0.2) is 4.98 Å². The zero-order chi connectivity index (χ0) is 19.3. The van der Waals surface area contributed by atoms with E-state index in [-0.39, 0.29) is 5.91 Å². The minimum Gasteiger partial charge on any atom is -0.349 e. The van der Waals surface area contributed by atoms with Gasteiger partial charge < -0.3 is 16.0 Å². The Kier molecular flexibility index (Phi) is 7.17. The first-order valence-electron chi connectivity index (χ1n) is 9.09. The highest BCUT2D eigenvalue weighted by Crippen LogP contribution is 2.26. The fourth-order valence-corrected chi connectivity index (χ4v) is 3.70. The predicted molar refractivity (Wildman–Crippen MR) is 111 cm³/mol. The second kappa shape index (κ2) is 9.14. The molecule has 2 rings (SSSR count). The summed E-state index contributed by atoms with van der Waals surface area (Å²) in [5.74, 6) is 0.587. The lowest BCUT2D eigenvalue weighted by Crippen LogP contribution is -2.23. The molecule has 1 amide bonds. The Hall–Kier alpha value is -1.92. The number of carbonyl (C=O) groups excluding carboxylic acids is 1. The van der Waals surface area contributed by atoms with Gasteiger partial charge in [-0.05, 0) is 57.7 Å². The third kappa shape index (κ3) is 5.54. The first kappa shape index (κ1) is 20.4. The largest absolute Gasteiger partial charge is 0.349 e. The molecule has 142 valence electrons. The Labute approximate surface area is 160 Å². The summed E-state index contributed by atoms with van der Waals surface area (Å²) in [7, 11) is 0. The Morgan fingerprint density at radius 1 is 1.15 bits per heavy atom. The number of nitrogens with one attached hydrogen (secondary N) is 3. The first-order chi connectivity index (χ1) is 12.3. The van der Waals surface area contributed by atoms with E-state index < -0.39 is 0 Å². The number of aromatic nitrogens is 1. The predicted octanol–water partition coefficient (Wildman–Crippen LogP) is 4.63. The molecule has 3 N–H and O–H groups in total. The van der Waals surface area contributed by atoms with Gasteiger partial charge in [0.25, 0.3) is 5.91 Å². The van der Waals surface area contributed by atoms with Crippen molar-refractivity contribution in [3.63, 3.8) is 0 Å². The number of carbonyl (C=O) groups is 1. The van der Waals surface area contributed by atoms with Crippen molar-refractivity contribution in [2.45, 2.75) is 48.0 Å². The van der Waals surface area contributed by atoms with Crippen LogP contribution in [0.15, 0.2) is 12.1 Å². The first-order valence-corrected chi connectivity index (χ1v) is 9.90. The molecule has 0 radical (unpaired) electrons. The van der Waals surface area contributed by atoms with Gasteiger partial charge in [0.2, 0.25) is 0 Å². The van der Waals surface area contributed by atoms with Crippen molar-refractivity contribution in [2.24, 2.45) is 5.92 Å². The van der Waals surface area contributed by atoms with Gasteiger partial charge in [-0.1, -0.05) is 42.9 Å². The number of anilines is 2. The topological polar surface area (TPSA) is 66.1 Å². The molecule has 0 aliphatic heterocycles. The fraction of sp³-hybridized carbons (Fsp3) is 0.500. The van der Waals surface area contributed by atoms with Crippen LogP contribution in [0.3, 0.4) is 0 Å². The zero-order valence-electron chi connectivity index (χ0n) is 16.6. The standard InChI is InChI=1S/C20H30N4OS/c1-12(2)7-8-21-11-22-20-23-16(6)18(26-20)19(25)24-17-14(4)9-13(3)10-15(17)5/h9-10,12,21H,7-8,11H2,1-6H3,(H,22,23)(H,24,25). The number of rotatable bonds is 8. The highest BCUT2D eigenvalue weighted by molar-refractivity contribution is 7.17. The van der Waals surface area contributed by atoms with E-state index in [4.69, 9.17) is 0 Å². The number of thiazole rings is 1. The van der Waals surface area contributed by atoms with Crippen LogP contribution in [0.4, 0.5) is 10.8 Å². The third-order valence-corrected chi connectivity index (χ3v) is 5.30. The lowest BCUT2D eigenvalue weighted by molar-refractivity contribution is 0.102. The van der Waals surface area contributed by atoms with Crippen LogP contribution < -0.4 is 16.0 Å². The molecule has 5 nitrogen and oxygen atoms in total. The molecule has 0 fully saturated rings. The normalized spacial score (nSPS) is 11.0. The van der Waals surface area contributed by atoms with E-state index in [0.717, 1.165) is 40.6 Å². The number of nitrogens with zero attached hydrogens (tertiary/aromatic N) is 1. The van der Waals surface area contributed by atoms with E-state index in [1.165, 1.54) is 16.9 Å². The van der Waals surface area contributed by atoms with E-state index in [0.29, 0.717) is 17.5 Å². The maximum atomic E-state index is 12.7. The quantitative estimate of drug-likeness (QED) is 0.465. The second-order valence-electron chi connectivity index (χ2n) is 7.20. The lowest BCUT2D eigenvalue weighted by Gasteiger charge is -2.12. The van der Waals surface area contributed by atoms with Crippen LogP contribution in [-0.4, -0.2) is 24.1 Å².